The summed E-state index contributed by atoms with van der Waals surface area (Å²) in [5, 5.41) is 16.9. The molecule has 328 valence electrons. The number of hydrogen-bond donors (Lipinski definition) is 1. The Balaban J connectivity index is 1.40. The van der Waals surface area contributed by atoms with Crippen LogP contribution in [0.25, 0.3) is 5.65 Å². The number of aromatic nitrogens is 5. The number of piperazine rings is 1. The largest absolute Gasteiger partial charge is 0.497 e. The molecule has 1 fully saturated rings. The van der Waals surface area contributed by atoms with Crippen molar-refractivity contribution < 1.29 is 43.1 Å². The number of anilines is 2. The van der Waals surface area contributed by atoms with E-state index in [4.69, 9.17) is 53.2 Å². The van der Waals surface area contributed by atoms with Crippen LogP contribution in [-0.2, 0) is 17.8 Å². The van der Waals surface area contributed by atoms with Crippen molar-refractivity contribution in [2.24, 2.45) is 0 Å². The van der Waals surface area contributed by atoms with Crippen LogP contribution in [0.15, 0.2) is 54.9 Å². The SMILES string of the molecule is CCC[C@@H](C)Oc1nc(N(Cc2ccc(OC)cc2OC)Cc2ccc(OC)cc2OC)c2ncc(C(O)c3cnc(N4CCN(C(=O)OC(C)(C)C)CC4)c(OC)c3)n2n1. The summed E-state index contributed by atoms with van der Waals surface area (Å²) in [4.78, 5) is 33.0. The smallest absolute Gasteiger partial charge is 0.410 e. The van der Waals surface area contributed by atoms with E-state index >= 15 is 0 Å². The first-order chi connectivity index (χ1) is 29.3. The van der Waals surface area contributed by atoms with Crippen LogP contribution in [0.3, 0.4) is 0 Å². The van der Waals surface area contributed by atoms with Crippen LogP contribution >= 0.6 is 0 Å². The lowest BCUT2D eigenvalue weighted by molar-refractivity contribution is 0.0240. The topological polar surface area (TPSA) is 168 Å². The second-order valence-corrected chi connectivity index (χ2v) is 15.7. The van der Waals surface area contributed by atoms with E-state index in [2.05, 4.69) is 11.8 Å². The van der Waals surface area contributed by atoms with Crippen LogP contribution in [-0.4, -0.2) is 114 Å². The number of imidazole rings is 1. The van der Waals surface area contributed by atoms with Gasteiger partial charge in [0.1, 0.15) is 34.7 Å². The second kappa shape index (κ2) is 19.4. The van der Waals surface area contributed by atoms with Crippen molar-refractivity contribution in [1.82, 2.24) is 29.5 Å². The number of methoxy groups -OCH3 is 5. The van der Waals surface area contributed by atoms with Crippen molar-refractivity contribution in [2.75, 3.05) is 71.5 Å². The molecule has 2 aromatic carbocycles. The number of pyridine rings is 1. The van der Waals surface area contributed by atoms with Crippen LogP contribution in [0.4, 0.5) is 16.4 Å². The van der Waals surface area contributed by atoms with Crippen LogP contribution in [0, 0.1) is 0 Å². The van der Waals surface area contributed by atoms with Gasteiger partial charge in [0, 0.05) is 74.3 Å². The number of carbonyl (C=O) groups excluding carboxylic acids is 1. The van der Waals surface area contributed by atoms with Gasteiger partial charge in [-0.05, 0) is 64.4 Å². The fourth-order valence-electron chi connectivity index (χ4n) is 7.13. The van der Waals surface area contributed by atoms with E-state index in [0.717, 1.165) is 24.0 Å². The minimum Gasteiger partial charge on any atom is -0.497 e. The molecule has 5 aromatic rings. The highest BCUT2D eigenvalue weighted by Gasteiger charge is 2.30. The number of amides is 1. The fraction of sp³-hybridized carbons (Fsp3) is 0.477. The Morgan fingerprint density at radius 3 is 1.97 bits per heavy atom. The zero-order valence-electron chi connectivity index (χ0n) is 36.8. The molecule has 6 rings (SSSR count). The molecule has 17 nitrogen and oxygen atoms in total. The minimum atomic E-state index is -1.23. The molecule has 2 atom stereocenters. The number of aliphatic hydroxyl groups excluding tert-OH is 1. The van der Waals surface area contributed by atoms with Gasteiger partial charge in [-0.25, -0.2) is 19.3 Å². The lowest BCUT2D eigenvalue weighted by atomic mass is 10.1. The maximum absolute atomic E-state index is 12.7. The lowest BCUT2D eigenvalue weighted by Gasteiger charge is -2.36. The minimum absolute atomic E-state index is 0.111. The standard InChI is InChI=1S/C44H58N8O9/c1-11-12-28(2)60-42-47-41(51(26-29-13-15-32(55-6)22-35(29)57-8)27-30-14-16-33(56-7)23-36(30)58-9)40-46-25-34(52(40)48-42)38(53)31-21-37(59-10)39(45-24-31)49-17-19-50(20-18-49)43(54)61-44(3,4)5/h13-16,21-25,28,38,53H,11-12,17-20,26-27H2,1-10H3/t28-,38?/m1/s1. The number of rotatable bonds is 17. The monoisotopic (exact) mass is 842 g/mol. The second-order valence-electron chi connectivity index (χ2n) is 15.7. The highest BCUT2D eigenvalue weighted by Crippen LogP contribution is 2.36. The van der Waals surface area contributed by atoms with Gasteiger partial charge >= 0.3 is 12.1 Å². The van der Waals surface area contributed by atoms with Gasteiger partial charge in [-0.3, -0.25) is 0 Å². The predicted octanol–water partition coefficient (Wildman–Crippen LogP) is 6.48. The lowest BCUT2D eigenvalue weighted by Crippen LogP contribution is -2.50. The van der Waals surface area contributed by atoms with E-state index < -0.39 is 11.7 Å². The molecule has 0 radical (unpaired) electrons. The number of hydrogen-bond acceptors (Lipinski definition) is 15. The average Bonchev–Trinajstić information content (AvgIpc) is 3.69. The van der Waals surface area contributed by atoms with E-state index in [9.17, 15) is 9.90 Å². The van der Waals surface area contributed by atoms with Gasteiger partial charge in [0.05, 0.1) is 53.5 Å². The van der Waals surface area contributed by atoms with Crippen molar-refractivity contribution in [2.45, 2.75) is 78.4 Å². The first-order valence-electron chi connectivity index (χ1n) is 20.3. The molecule has 17 heteroatoms. The first kappa shape index (κ1) is 44.3. The number of carbonyl (C=O) groups is 1. The number of ether oxygens (including phenoxy) is 7. The molecule has 0 aliphatic carbocycles. The zero-order chi connectivity index (χ0) is 43.8. The molecule has 1 aliphatic heterocycles. The third kappa shape index (κ3) is 10.4. The Labute approximate surface area is 357 Å². The fourth-order valence-corrected chi connectivity index (χ4v) is 7.13. The maximum Gasteiger partial charge on any atom is 0.410 e. The van der Waals surface area contributed by atoms with Crippen LogP contribution < -0.4 is 38.2 Å². The summed E-state index contributed by atoms with van der Waals surface area (Å²) in [6.07, 6.45) is 3.10. The third-order valence-electron chi connectivity index (χ3n) is 10.3. The first-order valence-corrected chi connectivity index (χ1v) is 20.3. The van der Waals surface area contributed by atoms with Crippen molar-refractivity contribution in [3.8, 4) is 34.8 Å². The molecular weight excluding hydrogens is 785 g/mol. The molecule has 1 unspecified atom stereocenters. The number of aliphatic hydroxyl groups is 1. The van der Waals surface area contributed by atoms with Gasteiger partial charge in [-0.1, -0.05) is 13.3 Å². The summed E-state index contributed by atoms with van der Waals surface area (Å²) >= 11 is 0. The highest BCUT2D eigenvalue weighted by atomic mass is 16.6. The molecule has 1 amide bonds. The van der Waals surface area contributed by atoms with E-state index in [1.54, 1.807) is 63.4 Å². The maximum atomic E-state index is 12.7. The van der Waals surface area contributed by atoms with Crippen molar-refractivity contribution in [3.63, 3.8) is 0 Å². The van der Waals surface area contributed by atoms with Crippen LogP contribution in [0.2, 0.25) is 0 Å². The van der Waals surface area contributed by atoms with Gasteiger partial charge in [0.25, 0.3) is 0 Å². The summed E-state index contributed by atoms with van der Waals surface area (Å²) in [7, 11) is 8.01. The van der Waals surface area contributed by atoms with Gasteiger partial charge in [0.15, 0.2) is 23.0 Å². The van der Waals surface area contributed by atoms with E-state index in [0.29, 0.717) is 96.6 Å². The van der Waals surface area contributed by atoms with E-state index in [-0.39, 0.29) is 18.2 Å². The van der Waals surface area contributed by atoms with Crippen LogP contribution in [0.5, 0.6) is 34.8 Å². The highest BCUT2D eigenvalue weighted by molar-refractivity contribution is 5.69. The van der Waals surface area contributed by atoms with Gasteiger partial charge < -0.3 is 53.0 Å². The summed E-state index contributed by atoms with van der Waals surface area (Å²) in [6.45, 7) is 12.2. The predicted molar refractivity (Wildman–Crippen MR) is 230 cm³/mol. The van der Waals surface area contributed by atoms with E-state index in [1.807, 2.05) is 69.0 Å². The molecule has 0 spiro atoms. The average molecular weight is 843 g/mol. The zero-order valence-corrected chi connectivity index (χ0v) is 36.8. The Kier molecular flexibility index (Phi) is 14.1. The Morgan fingerprint density at radius 1 is 0.820 bits per heavy atom. The summed E-state index contributed by atoms with van der Waals surface area (Å²) in [5.41, 5.74) is 2.32. The van der Waals surface area contributed by atoms with E-state index in [1.165, 1.54) is 0 Å². The Hall–Kier alpha value is -6.23. The molecule has 1 N–H and O–H groups in total. The van der Waals surface area contributed by atoms with Crippen LogP contribution in [0.1, 0.15) is 75.9 Å². The molecular formula is C44H58N8O9. The summed E-state index contributed by atoms with van der Waals surface area (Å²) in [6, 6.07) is 13.2. The molecule has 0 saturated carbocycles. The Morgan fingerprint density at radius 2 is 1.43 bits per heavy atom. The molecule has 3 aromatic heterocycles. The summed E-state index contributed by atoms with van der Waals surface area (Å²) in [5.74, 6) is 4.07. The molecule has 1 aliphatic rings. The van der Waals surface area contributed by atoms with Gasteiger partial charge in [-0.15, -0.1) is 5.10 Å². The van der Waals surface area contributed by atoms with Crippen molar-refractivity contribution in [3.05, 3.63) is 77.2 Å². The normalized spacial score (nSPS) is 14.0. The Bertz CT molecular complexity index is 2210. The molecule has 0 bridgehead atoms. The van der Waals surface area contributed by atoms with Gasteiger partial charge in [0.2, 0.25) is 0 Å². The van der Waals surface area contributed by atoms with Crippen molar-refractivity contribution >= 4 is 23.4 Å². The third-order valence-corrected chi connectivity index (χ3v) is 10.3. The quantitative estimate of drug-likeness (QED) is 0.108. The number of nitrogens with zero attached hydrogens (tertiary/aromatic N) is 8. The number of benzene rings is 2. The molecule has 61 heavy (non-hydrogen) atoms. The van der Waals surface area contributed by atoms with Gasteiger partial charge in [-0.2, -0.15) is 4.98 Å². The number of fused-ring (bicyclic) bond motifs is 1. The summed E-state index contributed by atoms with van der Waals surface area (Å²) < 4.78 is 41.9. The van der Waals surface area contributed by atoms with Crippen molar-refractivity contribution in [1.29, 1.82) is 0 Å². The molecule has 1 saturated heterocycles. The molecule has 4 heterocycles.